The molecule has 1 aromatic carbocycles. The zero-order chi connectivity index (χ0) is 19.9. The maximum atomic E-state index is 12.5. The molecule has 1 aliphatic rings. The largest absolute Gasteiger partial charge is 0.461 e. The Morgan fingerprint density at radius 1 is 1.11 bits per heavy atom. The van der Waals surface area contributed by atoms with Crippen molar-refractivity contribution in [2.24, 2.45) is 0 Å². The molecule has 1 N–H and O–H groups in total. The highest BCUT2D eigenvalue weighted by atomic mass is 16.5. The van der Waals surface area contributed by atoms with Gasteiger partial charge in [-0.15, -0.1) is 0 Å². The van der Waals surface area contributed by atoms with Crippen molar-refractivity contribution < 1.29 is 19.1 Å². The Balaban J connectivity index is 1.99. The van der Waals surface area contributed by atoms with Gasteiger partial charge in [0.15, 0.2) is 5.69 Å². The van der Waals surface area contributed by atoms with E-state index in [1.165, 1.54) is 0 Å². The molecule has 0 aliphatic heterocycles. The Labute approximate surface area is 165 Å². The van der Waals surface area contributed by atoms with Crippen LogP contribution >= 0.6 is 0 Å². The molecule has 3 rings (SSSR count). The number of rotatable bonds is 6. The number of nitrogens with one attached hydrogen (secondary N) is 1. The molecule has 1 fully saturated rings. The Hall–Kier alpha value is -2.83. The highest BCUT2D eigenvalue weighted by molar-refractivity contribution is 5.94. The number of ether oxygens (including phenoxy) is 2. The van der Waals surface area contributed by atoms with E-state index in [1.807, 2.05) is 34.9 Å². The number of carbonyl (C=O) groups is 2. The third-order valence-electron chi connectivity index (χ3n) is 4.98. The van der Waals surface area contributed by atoms with Crippen LogP contribution in [0.2, 0.25) is 0 Å². The molecule has 1 aromatic heterocycles. The van der Waals surface area contributed by atoms with E-state index >= 15 is 0 Å². The van der Waals surface area contributed by atoms with E-state index in [2.05, 4.69) is 10.3 Å². The standard InChI is InChI=1S/C21H27N3O4/c1-3-27-20(25)18-19(15-10-6-5-7-11-15)24(14-22-18)17-13-9-8-12-16(17)23-21(26)28-4-2/h5-7,10-11,14,16-17H,3-4,8-9,12-13H2,1-2H3,(H,23,26)/t16-,17-/m1/s1. The van der Waals surface area contributed by atoms with Crippen LogP contribution in [0.15, 0.2) is 36.7 Å². The molecule has 1 heterocycles. The van der Waals surface area contributed by atoms with Gasteiger partial charge in [0.05, 0.1) is 37.3 Å². The summed E-state index contributed by atoms with van der Waals surface area (Å²) in [6.45, 7) is 4.18. The van der Waals surface area contributed by atoms with Crippen LogP contribution in [0.1, 0.15) is 56.1 Å². The Morgan fingerprint density at radius 2 is 1.82 bits per heavy atom. The molecule has 2 atom stereocenters. The molecule has 0 spiro atoms. The molecule has 0 saturated heterocycles. The van der Waals surface area contributed by atoms with Crippen molar-refractivity contribution >= 4 is 12.1 Å². The number of amides is 1. The van der Waals surface area contributed by atoms with Crippen LogP contribution in [0.5, 0.6) is 0 Å². The predicted octanol–water partition coefficient (Wildman–Crippen LogP) is 3.96. The fourth-order valence-corrected chi connectivity index (χ4v) is 3.78. The van der Waals surface area contributed by atoms with Crippen molar-refractivity contribution in [1.82, 2.24) is 14.9 Å². The van der Waals surface area contributed by atoms with Gasteiger partial charge in [-0.2, -0.15) is 0 Å². The lowest BCUT2D eigenvalue weighted by Gasteiger charge is -2.33. The number of carbonyl (C=O) groups excluding carboxylic acids is 2. The second kappa shape index (κ2) is 9.39. The molecule has 7 heteroatoms. The smallest absolute Gasteiger partial charge is 0.407 e. The van der Waals surface area contributed by atoms with Crippen LogP contribution in [-0.4, -0.2) is 40.9 Å². The fraction of sp³-hybridized carbons (Fsp3) is 0.476. The molecule has 1 aliphatic carbocycles. The second-order valence-corrected chi connectivity index (χ2v) is 6.76. The first kappa shape index (κ1) is 19.9. The molecule has 1 saturated carbocycles. The Morgan fingerprint density at radius 3 is 2.54 bits per heavy atom. The second-order valence-electron chi connectivity index (χ2n) is 6.76. The number of esters is 1. The molecular formula is C21H27N3O4. The summed E-state index contributed by atoms with van der Waals surface area (Å²) in [7, 11) is 0. The molecular weight excluding hydrogens is 358 g/mol. The zero-order valence-corrected chi connectivity index (χ0v) is 16.4. The van der Waals surface area contributed by atoms with Crippen LogP contribution < -0.4 is 5.32 Å². The van der Waals surface area contributed by atoms with Gasteiger partial charge in [-0.25, -0.2) is 14.6 Å². The van der Waals surface area contributed by atoms with Gasteiger partial charge in [0.25, 0.3) is 0 Å². The van der Waals surface area contributed by atoms with Crippen LogP contribution in [0, 0.1) is 0 Å². The highest BCUT2D eigenvalue weighted by Gasteiger charge is 2.32. The summed E-state index contributed by atoms with van der Waals surface area (Å²) in [5.41, 5.74) is 1.92. The first-order valence-electron chi connectivity index (χ1n) is 9.88. The number of imidazole rings is 1. The summed E-state index contributed by atoms with van der Waals surface area (Å²) in [5, 5.41) is 2.98. The molecule has 28 heavy (non-hydrogen) atoms. The van der Waals surface area contributed by atoms with Crippen LogP contribution in [-0.2, 0) is 9.47 Å². The van der Waals surface area contributed by atoms with Gasteiger partial charge in [-0.1, -0.05) is 43.2 Å². The normalized spacial score (nSPS) is 19.1. The van der Waals surface area contributed by atoms with Crippen molar-refractivity contribution in [2.75, 3.05) is 13.2 Å². The van der Waals surface area contributed by atoms with Crippen LogP contribution in [0.25, 0.3) is 11.3 Å². The minimum absolute atomic E-state index is 0.0101. The van der Waals surface area contributed by atoms with E-state index in [0.29, 0.717) is 12.3 Å². The Kier molecular flexibility index (Phi) is 6.68. The molecule has 1 amide bonds. The van der Waals surface area contributed by atoms with Gasteiger partial charge >= 0.3 is 12.1 Å². The molecule has 2 aromatic rings. The van der Waals surface area contributed by atoms with Gasteiger partial charge < -0.3 is 19.4 Å². The van der Waals surface area contributed by atoms with Gasteiger partial charge in [0.1, 0.15) is 0 Å². The van der Waals surface area contributed by atoms with E-state index in [0.717, 1.165) is 36.9 Å². The minimum Gasteiger partial charge on any atom is -0.461 e. The summed E-state index contributed by atoms with van der Waals surface area (Å²) in [4.78, 5) is 28.9. The SMILES string of the molecule is CCOC(=O)N[C@@H]1CCCC[C@H]1n1cnc(C(=O)OCC)c1-c1ccccc1. The Bertz CT molecular complexity index is 803. The van der Waals surface area contributed by atoms with Crippen molar-refractivity contribution in [3.05, 3.63) is 42.4 Å². The maximum absolute atomic E-state index is 12.5. The number of hydrogen-bond acceptors (Lipinski definition) is 5. The van der Waals surface area contributed by atoms with E-state index in [4.69, 9.17) is 9.47 Å². The third kappa shape index (κ3) is 4.35. The number of aromatic nitrogens is 2. The number of benzene rings is 1. The summed E-state index contributed by atoms with van der Waals surface area (Å²) >= 11 is 0. The number of alkyl carbamates (subject to hydrolysis) is 1. The van der Waals surface area contributed by atoms with E-state index in [1.54, 1.807) is 20.2 Å². The quantitative estimate of drug-likeness (QED) is 0.761. The lowest BCUT2D eigenvalue weighted by molar-refractivity contribution is 0.0520. The van der Waals surface area contributed by atoms with E-state index in [9.17, 15) is 9.59 Å². The summed E-state index contributed by atoms with van der Waals surface area (Å²) in [5.74, 6) is -0.439. The van der Waals surface area contributed by atoms with Gasteiger partial charge in [-0.3, -0.25) is 0 Å². The molecule has 150 valence electrons. The summed E-state index contributed by atoms with van der Waals surface area (Å²) in [6.07, 6.45) is 5.09. The van der Waals surface area contributed by atoms with E-state index < -0.39 is 12.1 Å². The molecule has 0 radical (unpaired) electrons. The number of nitrogens with zero attached hydrogens (tertiary/aromatic N) is 2. The van der Waals surface area contributed by atoms with E-state index in [-0.39, 0.29) is 18.7 Å². The lowest BCUT2D eigenvalue weighted by atomic mass is 9.89. The summed E-state index contributed by atoms with van der Waals surface area (Å²) < 4.78 is 12.3. The van der Waals surface area contributed by atoms with Gasteiger partial charge in [0, 0.05) is 5.56 Å². The average Bonchev–Trinajstić information content (AvgIpc) is 3.14. The van der Waals surface area contributed by atoms with Crippen LogP contribution in [0.3, 0.4) is 0 Å². The van der Waals surface area contributed by atoms with Gasteiger partial charge in [0.2, 0.25) is 0 Å². The first-order valence-corrected chi connectivity index (χ1v) is 9.88. The molecule has 0 bridgehead atoms. The monoisotopic (exact) mass is 385 g/mol. The minimum atomic E-state index is -0.439. The van der Waals surface area contributed by atoms with Crippen molar-refractivity contribution in [1.29, 1.82) is 0 Å². The predicted molar refractivity (Wildman–Crippen MR) is 105 cm³/mol. The fourth-order valence-electron chi connectivity index (χ4n) is 3.78. The molecule has 0 unspecified atom stereocenters. The van der Waals surface area contributed by atoms with Crippen molar-refractivity contribution in [3.8, 4) is 11.3 Å². The van der Waals surface area contributed by atoms with Crippen molar-refractivity contribution in [2.45, 2.75) is 51.6 Å². The topological polar surface area (TPSA) is 82.5 Å². The highest BCUT2D eigenvalue weighted by Crippen LogP contribution is 2.34. The van der Waals surface area contributed by atoms with Crippen molar-refractivity contribution in [3.63, 3.8) is 0 Å². The average molecular weight is 385 g/mol. The lowest BCUT2D eigenvalue weighted by Crippen LogP contribution is -2.43. The van der Waals surface area contributed by atoms with Gasteiger partial charge in [-0.05, 0) is 26.7 Å². The summed E-state index contributed by atoms with van der Waals surface area (Å²) in [6, 6.07) is 9.59. The first-order chi connectivity index (χ1) is 13.7. The molecule has 7 nitrogen and oxygen atoms in total. The zero-order valence-electron chi connectivity index (χ0n) is 16.4. The maximum Gasteiger partial charge on any atom is 0.407 e. The third-order valence-corrected chi connectivity index (χ3v) is 4.98. The number of hydrogen-bond donors (Lipinski definition) is 1. The van der Waals surface area contributed by atoms with Crippen LogP contribution in [0.4, 0.5) is 4.79 Å².